The number of nitrogens with two attached hydrogens (primary N) is 1. The first-order valence-electron chi connectivity index (χ1n) is 8.01. The molecule has 3 rings (SSSR count). The van der Waals surface area contributed by atoms with E-state index in [-0.39, 0.29) is 0 Å². The summed E-state index contributed by atoms with van der Waals surface area (Å²) in [5.41, 5.74) is 5.99. The van der Waals surface area contributed by atoms with Crippen LogP contribution in [0.15, 0.2) is 42.5 Å². The molecule has 0 radical (unpaired) electrons. The molecule has 0 aliphatic carbocycles. The van der Waals surface area contributed by atoms with Crippen molar-refractivity contribution in [1.29, 1.82) is 0 Å². The highest BCUT2D eigenvalue weighted by molar-refractivity contribution is 7.20. The number of amides is 1. The molecule has 0 aliphatic rings. The first-order valence-corrected chi connectivity index (χ1v) is 9.58. The summed E-state index contributed by atoms with van der Waals surface area (Å²) in [7, 11) is 0. The van der Waals surface area contributed by atoms with Gasteiger partial charge in [0, 0.05) is 20.5 Å². The van der Waals surface area contributed by atoms with Gasteiger partial charge in [0.1, 0.15) is 16.4 Å². The van der Waals surface area contributed by atoms with Crippen molar-refractivity contribution in [1.82, 2.24) is 4.98 Å². The largest absolute Gasteiger partial charge is 0.384 e. The summed E-state index contributed by atoms with van der Waals surface area (Å²) >= 11 is 13.7. The van der Waals surface area contributed by atoms with E-state index in [9.17, 15) is 9.90 Å². The third-order valence-corrected chi connectivity index (χ3v) is 5.46. The molecule has 1 aromatic carbocycles. The summed E-state index contributed by atoms with van der Waals surface area (Å²) in [6.45, 7) is 3.30. The molecule has 8 heteroatoms. The molecule has 0 unspecified atom stereocenters. The van der Waals surface area contributed by atoms with Crippen LogP contribution in [-0.2, 0) is 5.60 Å². The van der Waals surface area contributed by atoms with E-state index < -0.39 is 11.5 Å². The second kappa shape index (κ2) is 7.48. The van der Waals surface area contributed by atoms with Crippen LogP contribution >= 0.6 is 34.5 Å². The number of rotatable bonds is 5. The Kier molecular flexibility index (Phi) is 5.44. The lowest BCUT2D eigenvalue weighted by atomic mass is 10.1. The first kappa shape index (κ1) is 19.6. The van der Waals surface area contributed by atoms with Crippen LogP contribution in [-0.4, -0.2) is 16.0 Å². The van der Waals surface area contributed by atoms with Crippen molar-refractivity contribution in [2.24, 2.45) is 5.73 Å². The molecular formula is C19H17Cl2N3O2S. The number of aliphatic hydroxyl groups is 1. The molecule has 0 atom stereocenters. The van der Waals surface area contributed by atoms with Crippen molar-refractivity contribution in [3.8, 4) is 10.4 Å². The second-order valence-electron chi connectivity index (χ2n) is 6.43. The molecular weight excluding hydrogens is 405 g/mol. The number of nitrogens with one attached hydrogen (secondary N) is 1. The van der Waals surface area contributed by atoms with Crippen LogP contribution in [0, 0.1) is 0 Å². The van der Waals surface area contributed by atoms with E-state index in [0.717, 1.165) is 4.88 Å². The third-order valence-electron chi connectivity index (χ3n) is 3.81. The standard InChI is InChI=1S/C19H17Cl2N3O2S/c1-19(2,26)15-4-3-5-16(23-15)24-18-12(17(22)25)9-14(27-18)11-8-10(20)6-7-13(11)21/h3-9,26H,1-2H3,(H2,22,25)(H,23,24). The maximum Gasteiger partial charge on any atom is 0.251 e. The Morgan fingerprint density at radius 3 is 2.63 bits per heavy atom. The number of nitrogens with zero attached hydrogens (tertiary/aromatic N) is 1. The van der Waals surface area contributed by atoms with Crippen molar-refractivity contribution >= 4 is 51.3 Å². The van der Waals surface area contributed by atoms with E-state index >= 15 is 0 Å². The van der Waals surface area contributed by atoms with Gasteiger partial charge in [0.15, 0.2) is 0 Å². The highest BCUT2D eigenvalue weighted by Gasteiger charge is 2.20. The molecule has 140 valence electrons. The molecule has 0 aliphatic heterocycles. The molecule has 4 N–H and O–H groups in total. The van der Waals surface area contributed by atoms with Crippen molar-refractivity contribution in [2.75, 3.05) is 5.32 Å². The van der Waals surface area contributed by atoms with Gasteiger partial charge in [-0.1, -0.05) is 29.3 Å². The molecule has 5 nitrogen and oxygen atoms in total. The summed E-state index contributed by atoms with van der Waals surface area (Å²) in [6, 6.07) is 12.0. The lowest BCUT2D eigenvalue weighted by Gasteiger charge is -2.17. The Morgan fingerprint density at radius 1 is 1.22 bits per heavy atom. The van der Waals surface area contributed by atoms with Gasteiger partial charge in [0.2, 0.25) is 0 Å². The lowest BCUT2D eigenvalue weighted by Crippen LogP contribution is -2.18. The zero-order valence-corrected chi connectivity index (χ0v) is 16.9. The minimum Gasteiger partial charge on any atom is -0.384 e. The van der Waals surface area contributed by atoms with Gasteiger partial charge in [0.05, 0.1) is 11.3 Å². The smallest absolute Gasteiger partial charge is 0.251 e. The van der Waals surface area contributed by atoms with Crippen LogP contribution in [0.4, 0.5) is 10.8 Å². The fraction of sp³-hybridized carbons (Fsp3) is 0.158. The maximum atomic E-state index is 11.9. The minimum absolute atomic E-state index is 0.321. The van der Waals surface area contributed by atoms with Crippen molar-refractivity contribution in [3.05, 3.63) is 63.8 Å². The zero-order valence-electron chi connectivity index (χ0n) is 14.6. The summed E-state index contributed by atoms with van der Waals surface area (Å²) in [4.78, 5) is 17.1. The molecule has 0 saturated heterocycles. The molecule has 2 heterocycles. The van der Waals surface area contributed by atoms with Crippen LogP contribution < -0.4 is 11.1 Å². The van der Waals surface area contributed by atoms with Crippen LogP contribution in [0.1, 0.15) is 29.9 Å². The number of hydrogen-bond donors (Lipinski definition) is 3. The van der Waals surface area contributed by atoms with Gasteiger partial charge in [-0.05, 0) is 50.2 Å². The highest BCUT2D eigenvalue weighted by Crippen LogP contribution is 2.40. The average Bonchev–Trinajstić information content (AvgIpc) is 3.00. The Morgan fingerprint density at radius 2 is 1.96 bits per heavy atom. The SMILES string of the molecule is CC(C)(O)c1cccc(Nc2sc(-c3cc(Cl)ccc3Cl)cc2C(N)=O)n1. The van der Waals surface area contributed by atoms with Crippen LogP contribution in [0.2, 0.25) is 10.0 Å². The number of hydrogen-bond acceptors (Lipinski definition) is 5. The van der Waals surface area contributed by atoms with E-state index in [1.165, 1.54) is 11.3 Å². The number of anilines is 2. The molecule has 1 amide bonds. The number of thiophene rings is 1. The zero-order chi connectivity index (χ0) is 19.8. The molecule has 3 aromatic rings. The van der Waals surface area contributed by atoms with Gasteiger partial charge in [-0.2, -0.15) is 0 Å². The maximum absolute atomic E-state index is 11.9. The van der Waals surface area contributed by atoms with Gasteiger partial charge in [0.25, 0.3) is 5.91 Å². The Bertz CT molecular complexity index is 1010. The van der Waals surface area contributed by atoms with Crippen molar-refractivity contribution in [3.63, 3.8) is 0 Å². The number of pyridine rings is 1. The topological polar surface area (TPSA) is 88.2 Å². The number of carbonyl (C=O) groups is 1. The predicted molar refractivity (Wildman–Crippen MR) is 111 cm³/mol. The summed E-state index contributed by atoms with van der Waals surface area (Å²) in [5, 5.41) is 14.8. The van der Waals surface area contributed by atoms with Gasteiger partial charge in [-0.15, -0.1) is 11.3 Å². The van der Waals surface area contributed by atoms with Gasteiger partial charge < -0.3 is 16.2 Å². The number of aromatic nitrogens is 1. The Balaban J connectivity index is 2.02. The van der Waals surface area contributed by atoms with Gasteiger partial charge >= 0.3 is 0 Å². The number of primary amides is 1. The molecule has 0 bridgehead atoms. The molecule has 27 heavy (non-hydrogen) atoms. The fourth-order valence-corrected chi connectivity index (χ4v) is 4.00. The molecule has 2 aromatic heterocycles. The fourth-order valence-electron chi connectivity index (χ4n) is 2.45. The number of carbonyl (C=O) groups excluding carboxylic acids is 1. The van der Waals surface area contributed by atoms with Crippen molar-refractivity contribution in [2.45, 2.75) is 19.4 Å². The van der Waals surface area contributed by atoms with Crippen LogP contribution in [0.3, 0.4) is 0 Å². The molecule has 0 saturated carbocycles. The van der Waals surface area contributed by atoms with E-state index in [1.54, 1.807) is 56.3 Å². The minimum atomic E-state index is -1.08. The molecule has 0 spiro atoms. The lowest BCUT2D eigenvalue weighted by molar-refractivity contribution is 0.0740. The average molecular weight is 422 g/mol. The molecule has 0 fully saturated rings. The van der Waals surface area contributed by atoms with E-state index in [4.69, 9.17) is 28.9 Å². The van der Waals surface area contributed by atoms with Crippen LogP contribution in [0.5, 0.6) is 0 Å². The van der Waals surface area contributed by atoms with E-state index in [0.29, 0.717) is 37.7 Å². The van der Waals surface area contributed by atoms with Crippen molar-refractivity contribution < 1.29 is 9.90 Å². The summed E-state index contributed by atoms with van der Waals surface area (Å²) in [5.74, 6) is -0.0838. The second-order valence-corrected chi connectivity index (χ2v) is 8.33. The summed E-state index contributed by atoms with van der Waals surface area (Å²) in [6.07, 6.45) is 0. The number of halogens is 2. The van der Waals surface area contributed by atoms with Gasteiger partial charge in [-0.25, -0.2) is 4.98 Å². The predicted octanol–water partition coefficient (Wildman–Crippen LogP) is 5.19. The Labute approximate surface area is 170 Å². The van der Waals surface area contributed by atoms with Gasteiger partial charge in [-0.3, -0.25) is 4.79 Å². The van der Waals surface area contributed by atoms with E-state index in [1.807, 2.05) is 0 Å². The third kappa shape index (κ3) is 4.42. The van der Waals surface area contributed by atoms with Crippen LogP contribution in [0.25, 0.3) is 10.4 Å². The monoisotopic (exact) mass is 421 g/mol. The quantitative estimate of drug-likeness (QED) is 0.528. The first-order chi connectivity index (χ1) is 12.6. The summed E-state index contributed by atoms with van der Waals surface area (Å²) < 4.78 is 0. The Hall–Kier alpha value is -2.12. The normalized spacial score (nSPS) is 11.4. The van der Waals surface area contributed by atoms with E-state index in [2.05, 4.69) is 10.3 Å². The number of benzene rings is 1. The highest BCUT2D eigenvalue weighted by atomic mass is 35.5.